The molecule has 0 bridgehead atoms. The van der Waals surface area contributed by atoms with Gasteiger partial charge in [0.15, 0.2) is 17.4 Å². The fourth-order valence-electron chi connectivity index (χ4n) is 1.40. The van der Waals surface area contributed by atoms with E-state index in [4.69, 9.17) is 0 Å². The number of nitrogens with one attached hydrogen (secondary N) is 1. The summed E-state index contributed by atoms with van der Waals surface area (Å²) in [5, 5.41) is 8.94. The second-order valence-corrected chi connectivity index (χ2v) is 4.05. The van der Waals surface area contributed by atoms with E-state index in [1.807, 2.05) is 0 Å². The summed E-state index contributed by atoms with van der Waals surface area (Å²) < 4.78 is 25.9. The fraction of sp³-hybridized carbons (Fsp3) is 0. The first-order chi connectivity index (χ1) is 7.91. The predicted octanol–water partition coefficient (Wildman–Crippen LogP) is 1.63. The van der Waals surface area contributed by atoms with E-state index in [1.54, 1.807) is 0 Å². The van der Waals surface area contributed by atoms with Crippen molar-refractivity contribution in [1.82, 2.24) is 4.98 Å². The second kappa shape index (κ2) is 3.92. The van der Waals surface area contributed by atoms with Crippen LogP contribution in [0.5, 0.6) is 5.75 Å². The van der Waals surface area contributed by atoms with Crippen LogP contribution in [0.4, 0.5) is 8.78 Å². The van der Waals surface area contributed by atoms with E-state index in [0.29, 0.717) is 12.1 Å². The van der Waals surface area contributed by atoms with E-state index < -0.39 is 32.8 Å². The molecule has 0 saturated heterocycles. The van der Waals surface area contributed by atoms with E-state index in [9.17, 15) is 23.5 Å². The first-order valence-corrected chi connectivity index (χ1v) is 5.15. The van der Waals surface area contributed by atoms with Crippen LogP contribution in [0.1, 0.15) is 0 Å². The second-order valence-electron chi connectivity index (χ2n) is 3.26. The molecule has 0 atom stereocenters. The summed E-state index contributed by atoms with van der Waals surface area (Å²) in [4.78, 5) is 25.0. The number of aromatic nitrogens is 1. The highest BCUT2D eigenvalue weighted by molar-refractivity contribution is 9.10. The number of H-pyrrole nitrogens is 1. The maximum Gasteiger partial charge on any atom is 0.252 e. The highest BCUT2D eigenvalue weighted by Crippen LogP contribution is 2.25. The normalized spacial score (nSPS) is 10.8. The number of aromatic amines is 1. The molecule has 2 rings (SSSR count). The van der Waals surface area contributed by atoms with Crippen LogP contribution in [0.15, 0.2) is 26.2 Å². The van der Waals surface area contributed by atoms with Crippen molar-refractivity contribution in [3.05, 3.63) is 48.8 Å². The molecule has 2 N–H and O–H groups in total. The Labute approximate surface area is 101 Å². The van der Waals surface area contributed by atoms with Crippen LogP contribution in [0.2, 0.25) is 0 Å². The third kappa shape index (κ3) is 1.82. The van der Waals surface area contributed by atoms with Gasteiger partial charge in [0.25, 0.3) is 5.56 Å². The maximum absolute atomic E-state index is 13.3. The summed E-state index contributed by atoms with van der Waals surface area (Å²) in [6.45, 7) is 0. The quantitative estimate of drug-likeness (QED) is 0.727. The number of hydrogen-bond acceptors (Lipinski definition) is 3. The molecule has 0 aliphatic rings. The number of rotatable bonds is 0. The van der Waals surface area contributed by atoms with Crippen LogP contribution < -0.4 is 11.0 Å². The molecule has 88 valence electrons. The van der Waals surface area contributed by atoms with Gasteiger partial charge in [-0.15, -0.1) is 0 Å². The van der Waals surface area contributed by atoms with Gasteiger partial charge in [0.1, 0.15) is 0 Å². The van der Waals surface area contributed by atoms with Crippen LogP contribution >= 0.6 is 15.9 Å². The summed E-state index contributed by atoms with van der Waals surface area (Å²) in [5.74, 6) is -3.32. The molecule has 1 aromatic heterocycles. The molecule has 0 aliphatic heterocycles. The summed E-state index contributed by atoms with van der Waals surface area (Å²) in [6, 6.07) is 1.32. The number of halogens is 3. The van der Waals surface area contributed by atoms with E-state index in [0.717, 1.165) is 0 Å². The highest BCUT2D eigenvalue weighted by Gasteiger charge is 2.15. The molecule has 0 unspecified atom stereocenters. The zero-order chi connectivity index (χ0) is 12.7. The first-order valence-electron chi connectivity index (χ1n) is 4.35. The van der Waals surface area contributed by atoms with Gasteiger partial charge in [-0.3, -0.25) is 9.59 Å². The van der Waals surface area contributed by atoms with Crippen molar-refractivity contribution < 1.29 is 13.9 Å². The number of hydrogen-bond donors (Lipinski definition) is 2. The zero-order valence-corrected chi connectivity index (χ0v) is 9.64. The van der Waals surface area contributed by atoms with Crippen LogP contribution in [0.3, 0.4) is 0 Å². The van der Waals surface area contributed by atoms with E-state index in [2.05, 4.69) is 20.9 Å². The highest BCUT2D eigenvalue weighted by atomic mass is 79.9. The molecular weight excluding hydrogens is 300 g/mol. The number of aromatic hydroxyl groups is 1. The van der Waals surface area contributed by atoms with Gasteiger partial charge < -0.3 is 10.1 Å². The topological polar surface area (TPSA) is 70.2 Å². The van der Waals surface area contributed by atoms with Gasteiger partial charge in [-0.25, -0.2) is 8.78 Å². The Morgan fingerprint density at radius 3 is 2.53 bits per heavy atom. The Hall–Kier alpha value is -1.76. The zero-order valence-electron chi connectivity index (χ0n) is 8.05. The molecule has 17 heavy (non-hydrogen) atoms. The minimum absolute atomic E-state index is 0.203. The Bertz CT molecular complexity index is 742. The van der Waals surface area contributed by atoms with Crippen molar-refractivity contribution in [2.24, 2.45) is 0 Å². The van der Waals surface area contributed by atoms with Crippen LogP contribution in [-0.2, 0) is 0 Å². The van der Waals surface area contributed by atoms with Gasteiger partial charge in [0.2, 0.25) is 5.43 Å². The van der Waals surface area contributed by atoms with Crippen molar-refractivity contribution >= 4 is 26.8 Å². The molecule has 7 heteroatoms. The summed E-state index contributed by atoms with van der Waals surface area (Å²) in [6.07, 6.45) is 0. The Morgan fingerprint density at radius 1 is 1.24 bits per heavy atom. The van der Waals surface area contributed by atoms with Crippen molar-refractivity contribution in [2.45, 2.75) is 0 Å². The molecular formula is C10H4BrF2NO3. The molecule has 0 saturated carbocycles. The van der Waals surface area contributed by atoms with Crippen LogP contribution in [0.25, 0.3) is 10.9 Å². The lowest BCUT2D eigenvalue weighted by atomic mass is 10.2. The number of fused-ring (bicyclic) bond motifs is 1. The summed E-state index contributed by atoms with van der Waals surface area (Å²) in [7, 11) is 0. The van der Waals surface area contributed by atoms with E-state index in [-0.39, 0.29) is 10.9 Å². The van der Waals surface area contributed by atoms with Gasteiger partial charge in [-0.05, 0) is 15.9 Å². The monoisotopic (exact) mass is 303 g/mol. The van der Waals surface area contributed by atoms with Gasteiger partial charge in [-0.2, -0.15) is 0 Å². The SMILES string of the molecule is O=c1cc(O)c(=O)c2c(Br)c(F)c(F)cc2[nH]1. The maximum atomic E-state index is 13.3. The van der Waals surface area contributed by atoms with Crippen molar-refractivity contribution in [3.8, 4) is 5.75 Å². The van der Waals surface area contributed by atoms with Crippen LogP contribution in [-0.4, -0.2) is 10.1 Å². The minimum atomic E-state index is -1.26. The third-order valence-electron chi connectivity index (χ3n) is 2.15. The van der Waals surface area contributed by atoms with Crippen LogP contribution in [0, 0.1) is 11.6 Å². The van der Waals surface area contributed by atoms with Gasteiger partial charge in [-0.1, -0.05) is 0 Å². The molecule has 4 nitrogen and oxygen atoms in total. The number of benzene rings is 1. The minimum Gasteiger partial charge on any atom is -0.504 e. The molecule has 0 aliphatic carbocycles. The smallest absolute Gasteiger partial charge is 0.252 e. The molecule has 1 heterocycles. The molecule has 2 aromatic rings. The van der Waals surface area contributed by atoms with Gasteiger partial charge in [0.05, 0.1) is 15.4 Å². The van der Waals surface area contributed by atoms with Gasteiger partial charge in [0, 0.05) is 12.1 Å². The fourth-order valence-corrected chi connectivity index (χ4v) is 1.99. The Balaban J connectivity index is 3.22. The third-order valence-corrected chi connectivity index (χ3v) is 2.89. The van der Waals surface area contributed by atoms with Crippen molar-refractivity contribution in [3.63, 3.8) is 0 Å². The summed E-state index contributed by atoms with van der Waals surface area (Å²) >= 11 is 2.71. The lowest BCUT2D eigenvalue weighted by Gasteiger charge is -1.99. The average Bonchev–Trinajstić information content (AvgIpc) is 2.34. The Kier molecular flexibility index (Phi) is 2.70. The molecule has 0 spiro atoms. The molecule has 0 fully saturated rings. The van der Waals surface area contributed by atoms with Crippen molar-refractivity contribution in [1.29, 1.82) is 0 Å². The summed E-state index contributed by atoms with van der Waals surface area (Å²) in [5.41, 5.74) is -1.97. The average molecular weight is 304 g/mol. The lowest BCUT2D eigenvalue weighted by Crippen LogP contribution is -2.01. The van der Waals surface area contributed by atoms with E-state index in [1.165, 1.54) is 0 Å². The van der Waals surface area contributed by atoms with Crippen molar-refractivity contribution in [2.75, 3.05) is 0 Å². The largest absolute Gasteiger partial charge is 0.504 e. The Morgan fingerprint density at radius 2 is 1.88 bits per heavy atom. The first kappa shape index (κ1) is 11.7. The van der Waals surface area contributed by atoms with Gasteiger partial charge >= 0.3 is 0 Å². The molecule has 1 aromatic carbocycles. The predicted molar refractivity (Wildman–Crippen MR) is 60.1 cm³/mol. The standard InChI is InChI=1S/C10H4BrF2NO3/c11-8-7-4(1-3(12)9(8)13)14-6(16)2-5(15)10(7)17/h1-2H,(H,14,16)(H,15,17). The lowest BCUT2D eigenvalue weighted by molar-refractivity contribution is 0.471. The molecule has 0 amide bonds. The molecule has 0 radical (unpaired) electrons. The van der Waals surface area contributed by atoms with E-state index >= 15 is 0 Å².